The summed E-state index contributed by atoms with van der Waals surface area (Å²) >= 11 is 0. The lowest BCUT2D eigenvalue weighted by Gasteiger charge is -2.11. The highest BCUT2D eigenvalue weighted by Crippen LogP contribution is 2.30. The second kappa shape index (κ2) is 14.1. The average molecular weight is 528 g/mol. The first-order valence-electron chi connectivity index (χ1n) is 12.6. The highest BCUT2D eigenvalue weighted by atomic mass is 19.4. The van der Waals surface area contributed by atoms with Gasteiger partial charge in [0.15, 0.2) is 0 Å². The van der Waals surface area contributed by atoms with Crippen LogP contribution in [0.15, 0.2) is 72.8 Å². The Balaban J connectivity index is 1.46. The zero-order valence-corrected chi connectivity index (χ0v) is 21.2. The summed E-state index contributed by atoms with van der Waals surface area (Å²) in [5.74, 6) is -0.148. The van der Waals surface area contributed by atoms with Gasteiger partial charge >= 0.3 is 6.18 Å². The Morgan fingerprint density at radius 3 is 2.18 bits per heavy atom. The van der Waals surface area contributed by atoms with Crippen molar-refractivity contribution in [2.24, 2.45) is 0 Å². The van der Waals surface area contributed by atoms with Crippen molar-refractivity contribution in [1.29, 1.82) is 0 Å². The third kappa shape index (κ3) is 9.46. The van der Waals surface area contributed by atoms with Crippen molar-refractivity contribution < 1.29 is 27.5 Å². The normalized spacial score (nSPS) is 11.1. The number of amides is 2. The van der Waals surface area contributed by atoms with Crippen LogP contribution in [0.1, 0.15) is 54.9 Å². The van der Waals surface area contributed by atoms with Gasteiger partial charge in [0.1, 0.15) is 5.75 Å². The minimum atomic E-state index is -4.51. The molecule has 0 bridgehead atoms. The molecule has 0 saturated heterocycles. The van der Waals surface area contributed by atoms with Crippen molar-refractivity contribution in [1.82, 2.24) is 0 Å². The summed E-state index contributed by atoms with van der Waals surface area (Å²) in [4.78, 5) is 24.9. The summed E-state index contributed by atoms with van der Waals surface area (Å²) in [6.07, 6.45) is 1.35. The molecule has 0 aliphatic carbocycles. The van der Waals surface area contributed by atoms with E-state index in [2.05, 4.69) is 22.9 Å². The molecule has 0 fully saturated rings. The second-order valence-corrected chi connectivity index (χ2v) is 8.80. The second-order valence-electron chi connectivity index (χ2n) is 8.80. The molecule has 0 aliphatic heterocycles. The molecule has 38 heavy (non-hydrogen) atoms. The summed E-state index contributed by atoms with van der Waals surface area (Å²) in [6, 6.07) is 17.9. The third-order valence-electron chi connectivity index (χ3n) is 5.68. The van der Waals surface area contributed by atoms with Gasteiger partial charge in [-0.1, -0.05) is 44.7 Å². The van der Waals surface area contributed by atoms with Gasteiger partial charge in [0, 0.05) is 22.6 Å². The van der Waals surface area contributed by atoms with Crippen LogP contribution in [-0.2, 0) is 11.0 Å². The van der Waals surface area contributed by atoms with Gasteiger partial charge in [0.05, 0.1) is 18.7 Å². The highest BCUT2D eigenvalue weighted by Gasteiger charge is 2.30. The molecule has 0 spiro atoms. The van der Waals surface area contributed by atoms with E-state index in [9.17, 15) is 22.8 Å². The minimum Gasteiger partial charge on any atom is -0.494 e. The van der Waals surface area contributed by atoms with E-state index in [-0.39, 0.29) is 23.7 Å². The van der Waals surface area contributed by atoms with Gasteiger partial charge < -0.3 is 20.7 Å². The van der Waals surface area contributed by atoms with Gasteiger partial charge in [0.25, 0.3) is 5.91 Å². The number of rotatable bonds is 13. The van der Waals surface area contributed by atoms with Crippen molar-refractivity contribution in [3.63, 3.8) is 0 Å². The van der Waals surface area contributed by atoms with Gasteiger partial charge in [0.2, 0.25) is 5.91 Å². The highest BCUT2D eigenvalue weighted by molar-refractivity contribution is 6.05. The largest absolute Gasteiger partial charge is 0.494 e. The summed E-state index contributed by atoms with van der Waals surface area (Å²) in [6.45, 7) is 2.86. The standard InChI is InChI=1S/C29H32F3N3O3/c1-2-3-4-5-6-17-38-26-15-13-23(14-16-26)33-20-27(36)34-24-11-7-9-21(18-24)28(37)35-25-12-8-10-22(19-25)29(30,31)32/h7-16,18-19,33H,2-6,17,20H2,1H3,(H,34,36)(H,35,37). The third-order valence-corrected chi connectivity index (χ3v) is 5.68. The van der Waals surface area contributed by atoms with Crippen LogP contribution in [0.2, 0.25) is 0 Å². The number of nitrogens with one attached hydrogen (secondary N) is 3. The van der Waals surface area contributed by atoms with Gasteiger partial charge in [-0.15, -0.1) is 0 Å². The molecule has 0 saturated carbocycles. The van der Waals surface area contributed by atoms with Crippen LogP contribution >= 0.6 is 0 Å². The summed E-state index contributed by atoms with van der Waals surface area (Å²) in [5, 5.41) is 8.19. The van der Waals surface area contributed by atoms with Crippen LogP contribution in [0, 0.1) is 0 Å². The Labute approximate surface area is 220 Å². The number of hydrogen-bond acceptors (Lipinski definition) is 4. The van der Waals surface area contributed by atoms with Gasteiger partial charge in [-0.05, 0) is 67.1 Å². The number of hydrogen-bond donors (Lipinski definition) is 3. The molecule has 202 valence electrons. The Morgan fingerprint density at radius 2 is 1.47 bits per heavy atom. The van der Waals surface area contributed by atoms with E-state index < -0.39 is 17.6 Å². The maximum atomic E-state index is 12.9. The van der Waals surface area contributed by atoms with Crippen LogP contribution in [0.5, 0.6) is 5.75 Å². The molecule has 3 aromatic rings. The Hall–Kier alpha value is -4.01. The molecule has 0 heterocycles. The lowest BCUT2D eigenvalue weighted by Crippen LogP contribution is -2.22. The summed E-state index contributed by atoms with van der Waals surface area (Å²) in [7, 11) is 0. The SMILES string of the molecule is CCCCCCCOc1ccc(NCC(=O)Nc2cccc(C(=O)Nc3cccc(C(F)(F)F)c3)c2)cc1. The fourth-order valence-corrected chi connectivity index (χ4v) is 3.67. The maximum Gasteiger partial charge on any atom is 0.416 e. The molecule has 0 atom stereocenters. The number of alkyl halides is 3. The lowest BCUT2D eigenvalue weighted by atomic mass is 10.1. The molecule has 3 N–H and O–H groups in total. The van der Waals surface area contributed by atoms with Gasteiger partial charge in [-0.3, -0.25) is 9.59 Å². The van der Waals surface area contributed by atoms with Crippen molar-refractivity contribution >= 4 is 28.9 Å². The number of carbonyl (C=O) groups is 2. The molecule has 3 rings (SSSR count). The van der Waals surface area contributed by atoms with E-state index in [0.29, 0.717) is 12.3 Å². The molecule has 3 aromatic carbocycles. The predicted molar refractivity (Wildman–Crippen MR) is 144 cm³/mol. The number of benzene rings is 3. The van der Waals surface area contributed by atoms with Crippen LogP contribution in [0.4, 0.5) is 30.2 Å². The maximum absolute atomic E-state index is 12.9. The molecular formula is C29H32F3N3O3. The monoisotopic (exact) mass is 527 g/mol. The first kappa shape index (κ1) is 28.6. The summed E-state index contributed by atoms with van der Waals surface area (Å²) < 4.78 is 44.5. The van der Waals surface area contributed by atoms with Gasteiger partial charge in [-0.25, -0.2) is 0 Å². The van der Waals surface area contributed by atoms with Crippen molar-refractivity contribution in [2.75, 3.05) is 29.1 Å². The number of carbonyl (C=O) groups excluding carboxylic acids is 2. The molecule has 0 aromatic heterocycles. The Morgan fingerprint density at radius 1 is 0.789 bits per heavy atom. The van der Waals surface area contributed by atoms with Gasteiger partial charge in [-0.2, -0.15) is 13.2 Å². The Kier molecular flexibility index (Phi) is 10.6. The molecule has 0 unspecified atom stereocenters. The Bertz CT molecular complexity index is 1200. The van der Waals surface area contributed by atoms with E-state index in [1.54, 1.807) is 12.1 Å². The summed E-state index contributed by atoms with van der Waals surface area (Å²) in [5.41, 5.74) is 0.491. The van der Waals surface area contributed by atoms with Crippen LogP contribution < -0.4 is 20.7 Å². The smallest absolute Gasteiger partial charge is 0.416 e. The number of anilines is 3. The number of halogens is 3. The molecule has 0 aliphatic rings. The van der Waals surface area contributed by atoms with Crippen LogP contribution in [-0.4, -0.2) is 25.0 Å². The minimum absolute atomic E-state index is 0.00170. The van der Waals surface area contributed by atoms with Crippen molar-refractivity contribution in [3.05, 3.63) is 83.9 Å². The van der Waals surface area contributed by atoms with Crippen LogP contribution in [0.3, 0.4) is 0 Å². The molecule has 6 nitrogen and oxygen atoms in total. The van der Waals surface area contributed by atoms with E-state index in [1.807, 2.05) is 24.3 Å². The number of unbranched alkanes of at least 4 members (excludes halogenated alkanes) is 4. The molecule has 0 radical (unpaired) electrons. The topological polar surface area (TPSA) is 79.5 Å². The van der Waals surface area contributed by atoms with E-state index >= 15 is 0 Å². The molecule has 2 amide bonds. The van der Waals surface area contributed by atoms with E-state index in [0.717, 1.165) is 36.4 Å². The fraction of sp³-hybridized carbons (Fsp3) is 0.310. The first-order chi connectivity index (χ1) is 18.2. The molecular weight excluding hydrogens is 495 g/mol. The first-order valence-corrected chi connectivity index (χ1v) is 12.6. The predicted octanol–water partition coefficient (Wildman–Crippen LogP) is 7.36. The zero-order chi connectivity index (χ0) is 27.4. The van der Waals surface area contributed by atoms with Crippen LogP contribution in [0.25, 0.3) is 0 Å². The number of ether oxygens (including phenoxy) is 1. The fourth-order valence-electron chi connectivity index (χ4n) is 3.67. The average Bonchev–Trinajstić information content (AvgIpc) is 2.90. The zero-order valence-electron chi connectivity index (χ0n) is 21.2. The van der Waals surface area contributed by atoms with E-state index in [4.69, 9.17) is 4.74 Å². The van der Waals surface area contributed by atoms with E-state index in [1.165, 1.54) is 43.5 Å². The quantitative estimate of drug-likeness (QED) is 0.203. The lowest BCUT2D eigenvalue weighted by molar-refractivity contribution is -0.137. The van der Waals surface area contributed by atoms with Crippen molar-refractivity contribution in [3.8, 4) is 5.75 Å². The van der Waals surface area contributed by atoms with Crippen molar-refractivity contribution in [2.45, 2.75) is 45.2 Å². The molecule has 9 heteroatoms.